The standard InChI is InChI=1S/C25H34FN5O/c1-3-30-11-13-31(14-12-30)23-6-4-20(17-22(23)26)18-29-25(27-2)28-10-8-19-5-7-24-21(16-19)9-15-32-24/h4-7,16-17H,3,8-15,18H2,1-2H3,(H2,27,28,29). The van der Waals surface area contributed by atoms with E-state index in [9.17, 15) is 4.39 Å². The molecule has 0 bridgehead atoms. The summed E-state index contributed by atoms with van der Waals surface area (Å²) in [5, 5.41) is 6.63. The van der Waals surface area contributed by atoms with Gasteiger partial charge in [0.15, 0.2) is 5.96 Å². The van der Waals surface area contributed by atoms with E-state index in [0.29, 0.717) is 12.2 Å². The van der Waals surface area contributed by atoms with E-state index in [1.807, 2.05) is 12.1 Å². The first kappa shape index (κ1) is 22.4. The number of halogens is 1. The molecule has 6 nitrogen and oxygen atoms in total. The summed E-state index contributed by atoms with van der Waals surface area (Å²) >= 11 is 0. The highest BCUT2D eigenvalue weighted by molar-refractivity contribution is 5.79. The van der Waals surface area contributed by atoms with Crippen molar-refractivity contribution in [2.24, 2.45) is 4.99 Å². The quantitative estimate of drug-likeness (QED) is 0.513. The van der Waals surface area contributed by atoms with E-state index < -0.39 is 0 Å². The van der Waals surface area contributed by atoms with Crippen molar-refractivity contribution in [3.8, 4) is 5.75 Å². The third-order valence-corrected chi connectivity index (χ3v) is 6.32. The molecule has 0 amide bonds. The van der Waals surface area contributed by atoms with Gasteiger partial charge in [-0.15, -0.1) is 0 Å². The summed E-state index contributed by atoms with van der Waals surface area (Å²) in [5.74, 6) is 1.58. The lowest BCUT2D eigenvalue weighted by atomic mass is 10.1. The number of benzene rings is 2. The Labute approximate surface area is 190 Å². The number of rotatable bonds is 7. The topological polar surface area (TPSA) is 52.1 Å². The first-order valence-electron chi connectivity index (χ1n) is 11.6. The van der Waals surface area contributed by atoms with Crippen LogP contribution in [0.2, 0.25) is 0 Å². The monoisotopic (exact) mass is 439 g/mol. The molecule has 2 heterocycles. The third kappa shape index (κ3) is 5.51. The van der Waals surface area contributed by atoms with E-state index in [1.54, 1.807) is 13.1 Å². The van der Waals surface area contributed by atoms with Crippen molar-refractivity contribution in [2.45, 2.75) is 26.3 Å². The first-order valence-corrected chi connectivity index (χ1v) is 11.6. The SMILES string of the molecule is CCN1CCN(c2ccc(CNC(=NC)NCCc3ccc4c(c3)CCO4)cc2F)CC1. The lowest BCUT2D eigenvalue weighted by molar-refractivity contribution is 0.270. The van der Waals surface area contributed by atoms with Crippen LogP contribution in [-0.2, 0) is 19.4 Å². The fraction of sp³-hybridized carbons (Fsp3) is 0.480. The van der Waals surface area contributed by atoms with Crippen LogP contribution in [0.5, 0.6) is 5.75 Å². The van der Waals surface area contributed by atoms with Gasteiger partial charge in [-0.05, 0) is 47.9 Å². The van der Waals surface area contributed by atoms with E-state index in [0.717, 1.165) is 76.0 Å². The van der Waals surface area contributed by atoms with Gasteiger partial charge in [0.1, 0.15) is 11.6 Å². The highest BCUT2D eigenvalue weighted by atomic mass is 19.1. The minimum absolute atomic E-state index is 0.155. The summed E-state index contributed by atoms with van der Waals surface area (Å²) in [6, 6.07) is 11.9. The zero-order valence-corrected chi connectivity index (χ0v) is 19.2. The number of aliphatic imine (C=N–C) groups is 1. The van der Waals surface area contributed by atoms with Gasteiger partial charge in [0.2, 0.25) is 0 Å². The molecule has 1 saturated heterocycles. The largest absolute Gasteiger partial charge is 0.493 e. The molecule has 0 aliphatic carbocycles. The highest BCUT2D eigenvalue weighted by Gasteiger charge is 2.18. The molecule has 32 heavy (non-hydrogen) atoms. The Morgan fingerprint density at radius 2 is 1.88 bits per heavy atom. The molecule has 1 fully saturated rings. The van der Waals surface area contributed by atoms with E-state index in [4.69, 9.17) is 4.74 Å². The number of hydrogen-bond acceptors (Lipinski definition) is 4. The van der Waals surface area contributed by atoms with Crippen molar-refractivity contribution in [1.82, 2.24) is 15.5 Å². The van der Waals surface area contributed by atoms with Gasteiger partial charge in [0, 0.05) is 52.7 Å². The number of nitrogens with zero attached hydrogens (tertiary/aromatic N) is 3. The summed E-state index contributed by atoms with van der Waals surface area (Å²) in [7, 11) is 1.75. The number of nitrogens with one attached hydrogen (secondary N) is 2. The van der Waals surface area contributed by atoms with E-state index in [-0.39, 0.29) is 5.82 Å². The summed E-state index contributed by atoms with van der Waals surface area (Å²) in [6.07, 6.45) is 1.90. The molecule has 172 valence electrons. The molecule has 2 N–H and O–H groups in total. The Morgan fingerprint density at radius 1 is 1.06 bits per heavy atom. The number of hydrogen-bond donors (Lipinski definition) is 2. The fourth-order valence-corrected chi connectivity index (χ4v) is 4.35. The van der Waals surface area contributed by atoms with Gasteiger partial charge in [-0.25, -0.2) is 4.39 Å². The second kappa shape index (κ2) is 10.7. The van der Waals surface area contributed by atoms with Crippen LogP contribution < -0.4 is 20.3 Å². The van der Waals surface area contributed by atoms with Gasteiger partial charge in [-0.3, -0.25) is 4.99 Å². The number of piperazine rings is 1. The number of fused-ring (bicyclic) bond motifs is 1. The highest BCUT2D eigenvalue weighted by Crippen LogP contribution is 2.26. The van der Waals surface area contributed by atoms with Crippen molar-refractivity contribution in [1.29, 1.82) is 0 Å². The van der Waals surface area contributed by atoms with Gasteiger partial charge < -0.3 is 25.2 Å². The van der Waals surface area contributed by atoms with Crippen LogP contribution in [0.4, 0.5) is 10.1 Å². The third-order valence-electron chi connectivity index (χ3n) is 6.32. The number of likely N-dealkylation sites (N-methyl/N-ethyl adjacent to an activating group) is 1. The molecule has 2 aromatic carbocycles. The van der Waals surface area contributed by atoms with Gasteiger partial charge in [-0.2, -0.15) is 0 Å². The van der Waals surface area contributed by atoms with Crippen molar-refractivity contribution in [3.05, 3.63) is 58.9 Å². The fourth-order valence-electron chi connectivity index (χ4n) is 4.35. The smallest absolute Gasteiger partial charge is 0.191 e. The Hall–Kier alpha value is -2.80. The summed E-state index contributed by atoms with van der Waals surface area (Å²) in [5.41, 5.74) is 4.18. The van der Waals surface area contributed by atoms with E-state index in [1.165, 1.54) is 11.1 Å². The summed E-state index contributed by atoms with van der Waals surface area (Å²) in [6.45, 7) is 9.02. The zero-order chi connectivity index (χ0) is 22.3. The summed E-state index contributed by atoms with van der Waals surface area (Å²) in [4.78, 5) is 8.82. The van der Waals surface area contributed by atoms with Crippen LogP contribution >= 0.6 is 0 Å². The molecule has 2 aliphatic heterocycles. The van der Waals surface area contributed by atoms with Gasteiger partial charge >= 0.3 is 0 Å². The molecule has 2 aromatic rings. The minimum atomic E-state index is -0.155. The molecular formula is C25H34FN5O. The van der Waals surface area contributed by atoms with Gasteiger partial charge in [-0.1, -0.05) is 25.1 Å². The van der Waals surface area contributed by atoms with E-state index >= 15 is 0 Å². The second-order valence-electron chi connectivity index (χ2n) is 8.35. The lowest BCUT2D eigenvalue weighted by Gasteiger charge is -2.35. The Morgan fingerprint density at radius 3 is 2.62 bits per heavy atom. The maximum absolute atomic E-state index is 14.8. The molecule has 0 aromatic heterocycles. The zero-order valence-electron chi connectivity index (χ0n) is 19.2. The van der Waals surface area contributed by atoms with Gasteiger partial charge in [0.05, 0.1) is 12.3 Å². The molecule has 7 heteroatoms. The summed E-state index contributed by atoms with van der Waals surface area (Å²) < 4.78 is 20.3. The Balaban J connectivity index is 1.24. The number of guanidine groups is 1. The van der Waals surface area contributed by atoms with Crippen molar-refractivity contribution >= 4 is 11.6 Å². The van der Waals surface area contributed by atoms with Crippen molar-refractivity contribution < 1.29 is 9.13 Å². The van der Waals surface area contributed by atoms with E-state index in [2.05, 4.69) is 50.5 Å². The van der Waals surface area contributed by atoms with Crippen LogP contribution in [0.1, 0.15) is 23.6 Å². The van der Waals surface area contributed by atoms with Crippen LogP contribution in [0.15, 0.2) is 41.4 Å². The molecule has 0 spiro atoms. The van der Waals surface area contributed by atoms with Crippen molar-refractivity contribution in [3.63, 3.8) is 0 Å². The molecule has 0 atom stereocenters. The Kier molecular flexibility index (Phi) is 7.47. The molecular weight excluding hydrogens is 405 g/mol. The van der Waals surface area contributed by atoms with Crippen LogP contribution in [0.3, 0.4) is 0 Å². The van der Waals surface area contributed by atoms with Crippen LogP contribution in [0, 0.1) is 5.82 Å². The lowest BCUT2D eigenvalue weighted by Crippen LogP contribution is -2.46. The molecule has 4 rings (SSSR count). The van der Waals surface area contributed by atoms with Crippen LogP contribution in [0.25, 0.3) is 0 Å². The second-order valence-corrected chi connectivity index (χ2v) is 8.35. The number of anilines is 1. The molecule has 2 aliphatic rings. The van der Waals surface area contributed by atoms with Gasteiger partial charge in [0.25, 0.3) is 0 Å². The normalized spacial score (nSPS) is 16.6. The predicted octanol–water partition coefficient (Wildman–Crippen LogP) is 2.81. The first-order chi connectivity index (χ1) is 15.7. The number of ether oxygens (including phenoxy) is 1. The maximum atomic E-state index is 14.8. The maximum Gasteiger partial charge on any atom is 0.191 e. The van der Waals surface area contributed by atoms with Crippen LogP contribution in [-0.4, -0.2) is 63.8 Å². The average molecular weight is 440 g/mol. The molecule has 0 radical (unpaired) electrons. The molecule has 0 saturated carbocycles. The predicted molar refractivity (Wildman–Crippen MR) is 128 cm³/mol. The average Bonchev–Trinajstić information content (AvgIpc) is 3.29. The van der Waals surface area contributed by atoms with Crippen molar-refractivity contribution in [2.75, 3.05) is 57.8 Å². The molecule has 0 unspecified atom stereocenters. The Bertz CT molecular complexity index is 940. The minimum Gasteiger partial charge on any atom is -0.493 e.